The monoisotopic (exact) mass is 216 g/mol. The van der Waals surface area contributed by atoms with Crippen LogP contribution >= 0.6 is 0 Å². The molecule has 2 rings (SSSR count). The molecular weight excluding hydrogens is 200 g/mol. The van der Waals surface area contributed by atoms with Gasteiger partial charge in [0.1, 0.15) is 6.10 Å². The second kappa shape index (κ2) is 4.05. The molecule has 6 heteroatoms. The normalized spacial score (nSPS) is 46.2. The number of nitrogens with one attached hydrogen (secondary N) is 1. The molecule has 6 nitrogen and oxygen atoms in total. The van der Waals surface area contributed by atoms with Gasteiger partial charge in [0, 0.05) is 13.1 Å². The largest absolute Gasteiger partial charge is 0.391 e. The molecule has 2 aliphatic rings. The number of carbonyl (C=O) groups is 1. The van der Waals surface area contributed by atoms with E-state index in [1.807, 2.05) is 4.90 Å². The van der Waals surface area contributed by atoms with Crippen molar-refractivity contribution in [3.05, 3.63) is 0 Å². The number of hydrogen-bond donors (Lipinski definition) is 4. The van der Waals surface area contributed by atoms with E-state index in [2.05, 4.69) is 5.32 Å². The number of fused-ring (bicyclic) bond motifs is 1. The molecule has 0 spiro atoms. The molecule has 0 aromatic heterocycles. The molecule has 4 N–H and O–H groups in total. The number of aliphatic hydroxyl groups is 3. The SMILES string of the molecule is O=CN[C@H]1CN2CC[C@H](O)C2[C@@H](O)[C@@H]1O. The highest BCUT2D eigenvalue weighted by Gasteiger charge is 2.47. The Morgan fingerprint density at radius 1 is 1.27 bits per heavy atom. The topological polar surface area (TPSA) is 93.0 Å². The van der Waals surface area contributed by atoms with Crippen LogP contribution in [0.5, 0.6) is 0 Å². The maximum absolute atomic E-state index is 10.3. The molecule has 2 aliphatic heterocycles. The van der Waals surface area contributed by atoms with Crippen LogP contribution in [-0.2, 0) is 4.79 Å². The van der Waals surface area contributed by atoms with Crippen molar-refractivity contribution in [1.29, 1.82) is 0 Å². The fraction of sp³-hybridized carbons (Fsp3) is 0.889. The van der Waals surface area contributed by atoms with E-state index in [1.54, 1.807) is 0 Å². The summed E-state index contributed by atoms with van der Waals surface area (Å²) in [5.41, 5.74) is 0. The maximum Gasteiger partial charge on any atom is 0.207 e. The van der Waals surface area contributed by atoms with Crippen molar-refractivity contribution in [3.8, 4) is 0 Å². The summed E-state index contributed by atoms with van der Waals surface area (Å²) in [6.07, 6.45) is -1.49. The summed E-state index contributed by atoms with van der Waals surface area (Å²) in [4.78, 5) is 12.2. The minimum Gasteiger partial charge on any atom is -0.391 e. The molecule has 86 valence electrons. The number of hydrogen-bond acceptors (Lipinski definition) is 5. The van der Waals surface area contributed by atoms with Gasteiger partial charge in [-0.15, -0.1) is 0 Å². The fourth-order valence-electron chi connectivity index (χ4n) is 2.56. The molecule has 0 aliphatic carbocycles. The van der Waals surface area contributed by atoms with Crippen LogP contribution in [0.1, 0.15) is 6.42 Å². The summed E-state index contributed by atoms with van der Waals surface area (Å²) >= 11 is 0. The molecular formula is C9H16N2O4. The van der Waals surface area contributed by atoms with E-state index in [0.717, 1.165) is 0 Å². The van der Waals surface area contributed by atoms with Crippen LogP contribution in [0, 0.1) is 0 Å². The lowest BCUT2D eigenvalue weighted by molar-refractivity contribution is -0.119. The third kappa shape index (κ3) is 1.74. The van der Waals surface area contributed by atoms with Gasteiger partial charge in [-0.05, 0) is 6.42 Å². The van der Waals surface area contributed by atoms with Gasteiger partial charge in [-0.2, -0.15) is 0 Å². The van der Waals surface area contributed by atoms with E-state index < -0.39 is 30.4 Å². The number of amides is 1. The molecule has 5 atom stereocenters. The number of nitrogens with zero attached hydrogens (tertiary/aromatic N) is 1. The summed E-state index contributed by atoms with van der Waals surface area (Å²) in [6, 6.07) is -0.858. The van der Waals surface area contributed by atoms with Crippen LogP contribution < -0.4 is 5.32 Å². The van der Waals surface area contributed by atoms with Crippen LogP contribution in [0.25, 0.3) is 0 Å². The van der Waals surface area contributed by atoms with Crippen LogP contribution in [0.2, 0.25) is 0 Å². The number of piperidine rings is 1. The van der Waals surface area contributed by atoms with E-state index in [9.17, 15) is 20.1 Å². The molecule has 2 heterocycles. The van der Waals surface area contributed by atoms with Gasteiger partial charge < -0.3 is 20.6 Å². The zero-order valence-corrected chi connectivity index (χ0v) is 8.28. The Labute approximate surface area is 87.5 Å². The van der Waals surface area contributed by atoms with Crippen molar-refractivity contribution in [1.82, 2.24) is 10.2 Å². The van der Waals surface area contributed by atoms with Crippen LogP contribution in [0.4, 0.5) is 0 Å². The van der Waals surface area contributed by atoms with Gasteiger partial charge in [-0.25, -0.2) is 0 Å². The van der Waals surface area contributed by atoms with Gasteiger partial charge in [0.15, 0.2) is 0 Å². The summed E-state index contributed by atoms with van der Waals surface area (Å²) in [6.45, 7) is 1.16. The van der Waals surface area contributed by atoms with Gasteiger partial charge in [-0.3, -0.25) is 9.69 Å². The third-order valence-electron chi connectivity index (χ3n) is 3.35. The van der Waals surface area contributed by atoms with Gasteiger partial charge in [0.25, 0.3) is 0 Å². The first-order valence-electron chi connectivity index (χ1n) is 5.13. The minimum absolute atomic E-state index is 0.398. The number of rotatable bonds is 2. The fourth-order valence-corrected chi connectivity index (χ4v) is 2.56. The second-order valence-corrected chi connectivity index (χ2v) is 4.21. The zero-order valence-electron chi connectivity index (χ0n) is 8.28. The Hall–Kier alpha value is -0.690. The molecule has 1 unspecified atom stereocenters. The molecule has 0 aromatic rings. The lowest BCUT2D eigenvalue weighted by Crippen LogP contribution is -2.64. The van der Waals surface area contributed by atoms with Gasteiger partial charge in [-0.1, -0.05) is 0 Å². The quantitative estimate of drug-likeness (QED) is 0.376. The van der Waals surface area contributed by atoms with Gasteiger partial charge in [0.2, 0.25) is 6.41 Å². The lowest BCUT2D eigenvalue weighted by Gasteiger charge is -2.42. The first kappa shape index (κ1) is 10.8. The Kier molecular flexibility index (Phi) is 2.92. The summed E-state index contributed by atoms with van der Waals surface area (Å²) in [5, 5.41) is 31.6. The zero-order chi connectivity index (χ0) is 11.0. The van der Waals surface area contributed by atoms with Crippen molar-refractivity contribution < 1.29 is 20.1 Å². The van der Waals surface area contributed by atoms with Crippen molar-refractivity contribution in [2.75, 3.05) is 13.1 Å². The predicted molar refractivity (Wildman–Crippen MR) is 51.0 cm³/mol. The molecule has 2 saturated heterocycles. The first-order valence-corrected chi connectivity index (χ1v) is 5.13. The van der Waals surface area contributed by atoms with Crippen molar-refractivity contribution >= 4 is 6.41 Å². The van der Waals surface area contributed by atoms with E-state index >= 15 is 0 Å². The molecule has 0 bridgehead atoms. The smallest absolute Gasteiger partial charge is 0.207 e. The molecule has 2 fully saturated rings. The Morgan fingerprint density at radius 2 is 2.00 bits per heavy atom. The van der Waals surface area contributed by atoms with Gasteiger partial charge in [0.05, 0.1) is 24.3 Å². The Bertz CT molecular complexity index is 250. The standard InChI is InChI=1S/C9H16N2O4/c12-4-10-5-3-11-2-1-6(13)7(11)9(15)8(5)14/h4-9,13-15H,1-3H2,(H,10,12)/t5-,6-,7?,8+,9+/m0/s1. The number of aliphatic hydroxyl groups excluding tert-OH is 3. The molecule has 0 saturated carbocycles. The van der Waals surface area contributed by atoms with E-state index in [0.29, 0.717) is 25.9 Å². The van der Waals surface area contributed by atoms with E-state index in [1.165, 1.54) is 0 Å². The summed E-state index contributed by atoms with van der Waals surface area (Å²) < 4.78 is 0. The van der Waals surface area contributed by atoms with Crippen LogP contribution in [0.15, 0.2) is 0 Å². The van der Waals surface area contributed by atoms with Crippen molar-refractivity contribution in [2.45, 2.75) is 36.8 Å². The van der Waals surface area contributed by atoms with Crippen LogP contribution in [0.3, 0.4) is 0 Å². The highest BCUT2D eigenvalue weighted by Crippen LogP contribution is 2.27. The van der Waals surface area contributed by atoms with E-state index in [4.69, 9.17) is 0 Å². The van der Waals surface area contributed by atoms with Gasteiger partial charge >= 0.3 is 0 Å². The molecule has 0 aromatic carbocycles. The van der Waals surface area contributed by atoms with E-state index in [-0.39, 0.29) is 0 Å². The second-order valence-electron chi connectivity index (χ2n) is 4.21. The minimum atomic E-state index is -1.01. The Morgan fingerprint density at radius 3 is 2.67 bits per heavy atom. The first-order chi connectivity index (χ1) is 7.15. The summed E-state index contributed by atoms with van der Waals surface area (Å²) in [7, 11) is 0. The highest BCUT2D eigenvalue weighted by molar-refractivity contribution is 5.47. The molecule has 15 heavy (non-hydrogen) atoms. The molecule has 1 amide bonds. The highest BCUT2D eigenvalue weighted by atomic mass is 16.3. The maximum atomic E-state index is 10.3. The molecule has 0 radical (unpaired) electrons. The average molecular weight is 216 g/mol. The van der Waals surface area contributed by atoms with Crippen LogP contribution in [-0.4, -0.2) is 70.1 Å². The lowest BCUT2D eigenvalue weighted by atomic mass is 9.91. The number of carbonyl (C=O) groups excluding carboxylic acids is 1. The summed E-state index contributed by atoms with van der Waals surface area (Å²) in [5.74, 6) is 0. The Balaban J connectivity index is 2.10. The average Bonchev–Trinajstić information content (AvgIpc) is 2.56. The third-order valence-corrected chi connectivity index (χ3v) is 3.35. The predicted octanol–water partition coefficient (Wildman–Crippen LogP) is -2.73. The van der Waals surface area contributed by atoms with Crippen molar-refractivity contribution in [2.24, 2.45) is 0 Å². The van der Waals surface area contributed by atoms with Crippen molar-refractivity contribution in [3.63, 3.8) is 0 Å².